The number of nitrogens with one attached hydrogen (secondary N) is 1. The van der Waals surface area contributed by atoms with Gasteiger partial charge in [-0.2, -0.15) is 5.10 Å². The van der Waals surface area contributed by atoms with Crippen LogP contribution >= 0.6 is 0 Å². The largest absolute Gasteiger partial charge is 0.507 e. The normalized spacial score (nSPS) is 22.6. The van der Waals surface area contributed by atoms with Crippen molar-refractivity contribution in [1.82, 2.24) is 25.4 Å². The van der Waals surface area contributed by atoms with E-state index in [0.29, 0.717) is 30.6 Å². The summed E-state index contributed by atoms with van der Waals surface area (Å²) in [5.41, 5.74) is 2.08. The number of aromatic nitrogens is 5. The highest BCUT2D eigenvalue weighted by molar-refractivity contribution is 5.72. The SMILES string of the molecule is CC[C@H]1CCCC[C@H](N(c2cnc(-c3ccc(-c4cn[nH]c4)cc3O)nn2)C2CC2)C1(F)F. The Morgan fingerprint density at radius 2 is 1.91 bits per heavy atom. The summed E-state index contributed by atoms with van der Waals surface area (Å²) in [5, 5.41) is 25.7. The standard InChI is InChI=1S/C24H28F2N6O/c1-2-17-5-3-4-6-21(24(17,25)26)32(18-8-9-18)22-14-27-23(31-30-22)19-10-7-15(11-20(19)33)16-12-28-29-13-16/h7,10-14,17-18,21,33H,2-6,8-9H2,1H3,(H,28,29)/t17-,21-/m0/s1. The Hall–Kier alpha value is -3.10. The van der Waals surface area contributed by atoms with Crippen LogP contribution in [0, 0.1) is 5.92 Å². The molecule has 2 aliphatic rings. The molecule has 0 amide bonds. The van der Waals surface area contributed by atoms with Crippen LogP contribution in [-0.4, -0.2) is 48.5 Å². The Morgan fingerprint density at radius 1 is 1.09 bits per heavy atom. The molecule has 2 fully saturated rings. The Kier molecular flexibility index (Phi) is 5.72. The maximum Gasteiger partial charge on any atom is 0.270 e. The van der Waals surface area contributed by atoms with E-state index >= 15 is 8.78 Å². The van der Waals surface area contributed by atoms with E-state index in [-0.39, 0.29) is 17.6 Å². The van der Waals surface area contributed by atoms with Crippen LogP contribution in [0.15, 0.2) is 36.8 Å². The van der Waals surface area contributed by atoms with E-state index in [1.54, 1.807) is 29.4 Å². The van der Waals surface area contributed by atoms with Crippen LogP contribution in [0.2, 0.25) is 0 Å². The Bertz CT molecular complexity index is 1080. The molecule has 2 aliphatic carbocycles. The number of halogens is 2. The molecule has 33 heavy (non-hydrogen) atoms. The predicted octanol–water partition coefficient (Wildman–Crippen LogP) is 5.21. The van der Waals surface area contributed by atoms with Crippen molar-refractivity contribution in [3.8, 4) is 28.3 Å². The van der Waals surface area contributed by atoms with Gasteiger partial charge in [-0.1, -0.05) is 25.8 Å². The lowest BCUT2D eigenvalue weighted by atomic mass is 9.90. The van der Waals surface area contributed by atoms with E-state index in [2.05, 4.69) is 25.4 Å². The summed E-state index contributed by atoms with van der Waals surface area (Å²) in [4.78, 5) is 6.18. The lowest BCUT2D eigenvalue weighted by Crippen LogP contribution is -2.52. The highest BCUT2D eigenvalue weighted by atomic mass is 19.3. The van der Waals surface area contributed by atoms with Gasteiger partial charge in [0.25, 0.3) is 5.92 Å². The fraction of sp³-hybridized carbons (Fsp3) is 0.500. The minimum atomic E-state index is -2.78. The number of benzene rings is 1. The van der Waals surface area contributed by atoms with Crippen LogP contribution in [0.3, 0.4) is 0 Å². The molecule has 3 aromatic rings. The van der Waals surface area contributed by atoms with Crippen molar-refractivity contribution in [2.24, 2.45) is 5.92 Å². The zero-order valence-corrected chi connectivity index (χ0v) is 18.6. The number of aromatic amines is 1. The first-order chi connectivity index (χ1) is 16.0. The van der Waals surface area contributed by atoms with Crippen molar-refractivity contribution in [2.75, 3.05) is 4.90 Å². The van der Waals surface area contributed by atoms with Gasteiger partial charge in [0, 0.05) is 23.7 Å². The first-order valence-corrected chi connectivity index (χ1v) is 11.7. The third-order valence-electron chi connectivity index (χ3n) is 6.92. The molecule has 2 heterocycles. The molecule has 174 valence electrons. The van der Waals surface area contributed by atoms with E-state index in [4.69, 9.17) is 0 Å². The molecule has 5 rings (SSSR count). The second kappa shape index (κ2) is 8.68. The number of anilines is 1. The average Bonchev–Trinajstić information content (AvgIpc) is 3.52. The molecular weight excluding hydrogens is 426 g/mol. The van der Waals surface area contributed by atoms with Crippen molar-refractivity contribution in [3.05, 3.63) is 36.8 Å². The van der Waals surface area contributed by atoms with Gasteiger partial charge in [0.2, 0.25) is 0 Å². The molecule has 2 atom stereocenters. The number of H-pyrrole nitrogens is 1. The Balaban J connectivity index is 1.43. The van der Waals surface area contributed by atoms with E-state index in [1.807, 2.05) is 13.0 Å². The fourth-order valence-electron chi connectivity index (χ4n) is 4.96. The lowest BCUT2D eigenvalue weighted by Gasteiger charge is -2.39. The summed E-state index contributed by atoms with van der Waals surface area (Å²) >= 11 is 0. The van der Waals surface area contributed by atoms with Crippen LogP contribution in [0.1, 0.15) is 51.9 Å². The molecule has 1 aromatic carbocycles. The van der Waals surface area contributed by atoms with Crippen LogP contribution < -0.4 is 4.90 Å². The molecule has 2 N–H and O–H groups in total. The van der Waals surface area contributed by atoms with Gasteiger partial charge in [-0.05, 0) is 49.8 Å². The lowest BCUT2D eigenvalue weighted by molar-refractivity contribution is -0.0816. The maximum absolute atomic E-state index is 15.5. The molecule has 0 radical (unpaired) electrons. The molecule has 7 nitrogen and oxygen atoms in total. The second-order valence-corrected chi connectivity index (χ2v) is 9.08. The predicted molar refractivity (Wildman–Crippen MR) is 121 cm³/mol. The highest BCUT2D eigenvalue weighted by Gasteiger charge is 2.52. The quantitative estimate of drug-likeness (QED) is 0.497. The number of aromatic hydroxyl groups is 1. The average molecular weight is 455 g/mol. The zero-order valence-electron chi connectivity index (χ0n) is 18.6. The number of phenolic OH excluding ortho intramolecular Hbond substituents is 1. The number of phenols is 1. The summed E-state index contributed by atoms with van der Waals surface area (Å²) in [6.07, 6.45) is 9.78. The third-order valence-corrected chi connectivity index (χ3v) is 6.92. The van der Waals surface area contributed by atoms with Gasteiger partial charge in [-0.25, -0.2) is 13.8 Å². The number of alkyl halides is 2. The van der Waals surface area contributed by atoms with Crippen LogP contribution in [0.5, 0.6) is 5.75 Å². The van der Waals surface area contributed by atoms with Gasteiger partial charge in [-0.3, -0.25) is 5.10 Å². The van der Waals surface area contributed by atoms with Gasteiger partial charge in [0.1, 0.15) is 5.75 Å². The second-order valence-electron chi connectivity index (χ2n) is 9.08. The molecule has 9 heteroatoms. The van der Waals surface area contributed by atoms with Crippen LogP contribution in [0.4, 0.5) is 14.6 Å². The van der Waals surface area contributed by atoms with Gasteiger partial charge < -0.3 is 10.0 Å². The highest BCUT2D eigenvalue weighted by Crippen LogP contribution is 2.45. The molecule has 2 aromatic heterocycles. The maximum atomic E-state index is 15.5. The van der Waals surface area contributed by atoms with E-state index in [9.17, 15) is 5.11 Å². The topological polar surface area (TPSA) is 90.8 Å². The van der Waals surface area contributed by atoms with Crippen LogP contribution in [-0.2, 0) is 0 Å². The summed E-state index contributed by atoms with van der Waals surface area (Å²) in [5.74, 6) is -2.74. The summed E-state index contributed by atoms with van der Waals surface area (Å²) in [7, 11) is 0. The van der Waals surface area contributed by atoms with Gasteiger partial charge in [0.05, 0.1) is 24.0 Å². The van der Waals surface area contributed by atoms with Crippen LogP contribution in [0.25, 0.3) is 22.5 Å². The summed E-state index contributed by atoms with van der Waals surface area (Å²) in [6.45, 7) is 1.85. The third kappa shape index (κ3) is 4.16. The molecule has 0 aliphatic heterocycles. The van der Waals surface area contributed by atoms with Crippen molar-refractivity contribution >= 4 is 5.82 Å². The monoisotopic (exact) mass is 454 g/mol. The summed E-state index contributed by atoms with van der Waals surface area (Å²) < 4.78 is 31.0. The number of hydrogen-bond acceptors (Lipinski definition) is 6. The molecule has 0 unspecified atom stereocenters. The Morgan fingerprint density at radius 3 is 2.55 bits per heavy atom. The minimum absolute atomic E-state index is 0.0170. The Labute approximate surface area is 191 Å². The molecular formula is C24H28F2N6O. The van der Waals surface area contributed by atoms with E-state index in [1.165, 1.54) is 6.20 Å². The number of hydrogen-bond donors (Lipinski definition) is 2. The molecule has 0 saturated heterocycles. The van der Waals surface area contributed by atoms with Gasteiger partial charge in [0.15, 0.2) is 11.6 Å². The fourth-order valence-corrected chi connectivity index (χ4v) is 4.96. The van der Waals surface area contributed by atoms with Gasteiger partial charge in [-0.15, -0.1) is 10.2 Å². The minimum Gasteiger partial charge on any atom is -0.507 e. The van der Waals surface area contributed by atoms with Gasteiger partial charge >= 0.3 is 0 Å². The first-order valence-electron chi connectivity index (χ1n) is 11.7. The summed E-state index contributed by atoms with van der Waals surface area (Å²) in [6, 6.07) is 4.34. The van der Waals surface area contributed by atoms with E-state index < -0.39 is 17.9 Å². The molecule has 0 spiro atoms. The molecule has 2 saturated carbocycles. The number of nitrogens with zero attached hydrogens (tertiary/aromatic N) is 5. The smallest absolute Gasteiger partial charge is 0.270 e. The number of rotatable bonds is 6. The van der Waals surface area contributed by atoms with E-state index in [0.717, 1.165) is 36.8 Å². The van der Waals surface area contributed by atoms with Crippen molar-refractivity contribution < 1.29 is 13.9 Å². The van der Waals surface area contributed by atoms with Crippen molar-refractivity contribution in [3.63, 3.8) is 0 Å². The first kappa shape index (κ1) is 21.7. The zero-order chi connectivity index (χ0) is 23.0. The molecule has 0 bridgehead atoms. The van der Waals surface area contributed by atoms with Crippen molar-refractivity contribution in [2.45, 2.75) is 69.9 Å². The van der Waals surface area contributed by atoms with Crippen molar-refractivity contribution in [1.29, 1.82) is 0 Å².